The van der Waals surface area contributed by atoms with E-state index in [0.717, 1.165) is 43.8 Å². The van der Waals surface area contributed by atoms with Crippen LogP contribution in [0.25, 0.3) is 0 Å². The van der Waals surface area contributed by atoms with Gasteiger partial charge in [0.15, 0.2) is 11.5 Å². The van der Waals surface area contributed by atoms with Crippen molar-refractivity contribution in [1.82, 2.24) is 4.90 Å². The Hall–Kier alpha value is -1.46. The van der Waals surface area contributed by atoms with E-state index in [-0.39, 0.29) is 0 Å². The van der Waals surface area contributed by atoms with Crippen molar-refractivity contribution in [2.75, 3.05) is 39.6 Å². The van der Waals surface area contributed by atoms with Crippen LogP contribution in [0.15, 0.2) is 12.1 Å². The first kappa shape index (κ1) is 16.9. The molecule has 0 aliphatic carbocycles. The second-order valence-corrected chi connectivity index (χ2v) is 6.04. The Labute approximate surface area is 133 Å². The molecule has 1 heterocycles. The molecule has 0 saturated carbocycles. The normalized spacial score (nSPS) is 22.5. The summed E-state index contributed by atoms with van der Waals surface area (Å²) in [5.41, 5.74) is 7.76. The molecule has 2 N–H and O–H groups in total. The molecule has 1 saturated heterocycles. The van der Waals surface area contributed by atoms with Gasteiger partial charge in [0.25, 0.3) is 0 Å². The number of aryl methyl sites for hydroxylation is 1. The lowest BCUT2D eigenvalue weighted by Crippen LogP contribution is -2.45. The molecule has 5 nitrogen and oxygen atoms in total. The first-order valence-corrected chi connectivity index (χ1v) is 7.91. The van der Waals surface area contributed by atoms with Crippen molar-refractivity contribution < 1.29 is 14.2 Å². The first-order chi connectivity index (χ1) is 10.5. The smallest absolute Gasteiger partial charge is 0.164 e. The topological polar surface area (TPSA) is 57.0 Å². The Balaban J connectivity index is 1.95. The summed E-state index contributed by atoms with van der Waals surface area (Å²) in [6.45, 7) is 7.32. The van der Waals surface area contributed by atoms with E-state index in [4.69, 9.17) is 19.9 Å². The number of methoxy groups -OCH3 is 2. The quantitative estimate of drug-likeness (QED) is 0.817. The minimum atomic E-state index is 0.311. The lowest BCUT2D eigenvalue weighted by Gasteiger charge is -2.35. The number of benzene rings is 1. The number of nitrogens with zero attached hydrogens (tertiary/aromatic N) is 1. The van der Waals surface area contributed by atoms with Gasteiger partial charge in [-0.2, -0.15) is 0 Å². The van der Waals surface area contributed by atoms with Crippen LogP contribution in [-0.4, -0.2) is 51.0 Å². The molecule has 124 valence electrons. The Bertz CT molecular complexity index is 483. The summed E-state index contributed by atoms with van der Waals surface area (Å²) in [5, 5.41) is 0. The van der Waals surface area contributed by atoms with Gasteiger partial charge in [0.1, 0.15) is 0 Å². The fourth-order valence-corrected chi connectivity index (χ4v) is 3.21. The Morgan fingerprint density at radius 2 is 1.86 bits per heavy atom. The zero-order valence-electron chi connectivity index (χ0n) is 14.1. The maximum Gasteiger partial charge on any atom is 0.164 e. The molecule has 1 aliphatic rings. The van der Waals surface area contributed by atoms with Crippen LogP contribution < -0.4 is 15.2 Å². The number of nitrogens with two attached hydrogens (primary N) is 1. The Morgan fingerprint density at radius 3 is 2.45 bits per heavy atom. The molecular weight excluding hydrogens is 280 g/mol. The van der Waals surface area contributed by atoms with Gasteiger partial charge < -0.3 is 19.9 Å². The number of hydrogen-bond acceptors (Lipinski definition) is 5. The van der Waals surface area contributed by atoms with Crippen LogP contribution in [0.3, 0.4) is 0 Å². The van der Waals surface area contributed by atoms with Gasteiger partial charge in [-0.15, -0.1) is 0 Å². The molecule has 1 aliphatic heterocycles. The molecule has 2 atom stereocenters. The van der Waals surface area contributed by atoms with Crippen LogP contribution >= 0.6 is 0 Å². The largest absolute Gasteiger partial charge is 0.493 e. The highest BCUT2D eigenvalue weighted by atomic mass is 16.5. The average molecular weight is 308 g/mol. The van der Waals surface area contributed by atoms with Gasteiger partial charge in [-0.1, -0.05) is 0 Å². The highest BCUT2D eigenvalue weighted by molar-refractivity contribution is 5.57. The molecule has 0 bridgehead atoms. The van der Waals surface area contributed by atoms with Gasteiger partial charge in [-0.05, 0) is 39.3 Å². The van der Waals surface area contributed by atoms with Crippen LogP contribution in [0.2, 0.25) is 0 Å². The summed E-state index contributed by atoms with van der Waals surface area (Å²) in [6, 6.07) is 3.78. The van der Waals surface area contributed by atoms with E-state index in [0.29, 0.717) is 23.6 Å². The average Bonchev–Trinajstić information content (AvgIpc) is 2.45. The predicted molar refractivity (Wildman–Crippen MR) is 88.7 cm³/mol. The van der Waals surface area contributed by atoms with Crippen molar-refractivity contribution >= 4 is 5.69 Å². The molecule has 1 aromatic rings. The molecule has 2 unspecified atom stereocenters. The van der Waals surface area contributed by atoms with Gasteiger partial charge >= 0.3 is 0 Å². The lowest BCUT2D eigenvalue weighted by atomic mass is 10.1. The van der Waals surface area contributed by atoms with Crippen molar-refractivity contribution in [2.45, 2.75) is 38.9 Å². The molecule has 0 spiro atoms. The van der Waals surface area contributed by atoms with Gasteiger partial charge in [0, 0.05) is 30.4 Å². The van der Waals surface area contributed by atoms with Crippen molar-refractivity contribution in [3.05, 3.63) is 17.7 Å². The van der Waals surface area contributed by atoms with Crippen molar-refractivity contribution in [3.63, 3.8) is 0 Å². The lowest BCUT2D eigenvalue weighted by molar-refractivity contribution is -0.0680. The summed E-state index contributed by atoms with van der Waals surface area (Å²) in [6.07, 6.45) is 2.60. The molecule has 22 heavy (non-hydrogen) atoms. The molecular formula is C17H28N2O3. The van der Waals surface area contributed by atoms with Crippen LogP contribution in [-0.2, 0) is 11.2 Å². The summed E-state index contributed by atoms with van der Waals surface area (Å²) in [4.78, 5) is 2.47. The van der Waals surface area contributed by atoms with E-state index in [2.05, 4.69) is 18.7 Å². The number of nitrogen functional groups attached to an aromatic ring is 1. The third-order valence-corrected chi connectivity index (χ3v) is 3.99. The molecule has 2 rings (SSSR count). The summed E-state index contributed by atoms with van der Waals surface area (Å²) >= 11 is 0. The molecule has 1 fully saturated rings. The van der Waals surface area contributed by atoms with E-state index < -0.39 is 0 Å². The van der Waals surface area contributed by atoms with Crippen molar-refractivity contribution in [3.8, 4) is 11.5 Å². The predicted octanol–water partition coefficient (Wildman–Crippen LogP) is 2.33. The first-order valence-electron chi connectivity index (χ1n) is 7.91. The molecule has 0 aromatic heterocycles. The highest BCUT2D eigenvalue weighted by Gasteiger charge is 2.21. The maximum atomic E-state index is 5.95. The molecule has 1 aromatic carbocycles. The number of morpholine rings is 1. The molecule has 5 heteroatoms. The molecule has 0 radical (unpaired) electrons. The van der Waals surface area contributed by atoms with Crippen LogP contribution in [0, 0.1) is 0 Å². The summed E-state index contributed by atoms with van der Waals surface area (Å²) in [7, 11) is 3.31. The molecule has 0 amide bonds. The second kappa shape index (κ2) is 7.70. The third-order valence-electron chi connectivity index (χ3n) is 3.99. The van der Waals surface area contributed by atoms with Crippen LogP contribution in [0.1, 0.15) is 25.8 Å². The number of ether oxygens (including phenoxy) is 3. The van der Waals surface area contributed by atoms with Crippen LogP contribution in [0.5, 0.6) is 11.5 Å². The fraction of sp³-hybridized carbons (Fsp3) is 0.647. The van der Waals surface area contributed by atoms with Crippen LogP contribution in [0.4, 0.5) is 5.69 Å². The SMILES string of the molecule is COc1cc(N)cc(CCCN2CC(C)OC(C)C2)c1OC. The van der Waals surface area contributed by atoms with Crippen molar-refractivity contribution in [2.24, 2.45) is 0 Å². The maximum absolute atomic E-state index is 5.95. The standard InChI is InChI=1S/C17H28N2O3/c1-12-10-19(11-13(2)22-12)7-5-6-14-8-15(18)9-16(20-3)17(14)21-4/h8-9,12-13H,5-7,10-11,18H2,1-4H3. The number of rotatable bonds is 6. The minimum absolute atomic E-state index is 0.311. The van der Waals surface area contributed by atoms with E-state index in [1.54, 1.807) is 20.3 Å². The minimum Gasteiger partial charge on any atom is -0.493 e. The summed E-state index contributed by atoms with van der Waals surface area (Å²) in [5.74, 6) is 1.49. The Morgan fingerprint density at radius 1 is 1.18 bits per heavy atom. The van der Waals surface area contributed by atoms with Gasteiger partial charge in [0.2, 0.25) is 0 Å². The van der Waals surface area contributed by atoms with E-state index in [1.165, 1.54) is 0 Å². The number of hydrogen-bond donors (Lipinski definition) is 1. The fourth-order valence-electron chi connectivity index (χ4n) is 3.21. The third kappa shape index (κ3) is 4.27. The van der Waals surface area contributed by atoms with Gasteiger partial charge in [-0.25, -0.2) is 0 Å². The second-order valence-electron chi connectivity index (χ2n) is 6.04. The van der Waals surface area contributed by atoms with E-state index in [9.17, 15) is 0 Å². The highest BCUT2D eigenvalue weighted by Crippen LogP contribution is 2.34. The van der Waals surface area contributed by atoms with Crippen molar-refractivity contribution in [1.29, 1.82) is 0 Å². The van der Waals surface area contributed by atoms with E-state index >= 15 is 0 Å². The van der Waals surface area contributed by atoms with Gasteiger partial charge in [0.05, 0.1) is 26.4 Å². The van der Waals surface area contributed by atoms with Gasteiger partial charge in [-0.3, -0.25) is 4.90 Å². The zero-order valence-corrected chi connectivity index (χ0v) is 14.1. The Kier molecular flexibility index (Phi) is 5.91. The van der Waals surface area contributed by atoms with E-state index in [1.807, 2.05) is 6.07 Å². The number of anilines is 1. The monoisotopic (exact) mass is 308 g/mol. The summed E-state index contributed by atoms with van der Waals surface area (Å²) < 4.78 is 16.6. The zero-order chi connectivity index (χ0) is 16.1.